The molecule has 0 saturated heterocycles. The Morgan fingerprint density at radius 3 is 2.43 bits per heavy atom. The van der Waals surface area contributed by atoms with E-state index in [2.05, 4.69) is 5.32 Å². The number of urea groups is 1. The van der Waals surface area contributed by atoms with E-state index in [0.29, 0.717) is 12.1 Å². The molecule has 4 nitrogen and oxygen atoms in total. The van der Waals surface area contributed by atoms with Crippen LogP contribution in [0.15, 0.2) is 0 Å². The minimum absolute atomic E-state index is 0.0505. The molecule has 0 spiro atoms. The monoisotopic (exact) mass is 200 g/mol. The summed E-state index contributed by atoms with van der Waals surface area (Å²) < 4.78 is 5.15. The molecule has 0 radical (unpaired) electrons. The number of amides is 2. The first-order valence-electron chi connectivity index (χ1n) is 5.29. The smallest absolute Gasteiger partial charge is 0.317 e. The van der Waals surface area contributed by atoms with Crippen molar-refractivity contribution in [1.82, 2.24) is 10.2 Å². The van der Waals surface area contributed by atoms with Crippen LogP contribution in [0.1, 0.15) is 26.7 Å². The fourth-order valence-corrected chi connectivity index (χ4v) is 1.65. The maximum atomic E-state index is 11.6. The van der Waals surface area contributed by atoms with Gasteiger partial charge in [0, 0.05) is 26.2 Å². The molecule has 0 aromatic heterocycles. The fraction of sp³-hybridized carbons (Fsp3) is 0.900. The van der Waals surface area contributed by atoms with Gasteiger partial charge in [0.15, 0.2) is 0 Å². The lowest BCUT2D eigenvalue weighted by Crippen LogP contribution is -2.51. The number of carbonyl (C=O) groups is 1. The van der Waals surface area contributed by atoms with Crippen LogP contribution in [-0.2, 0) is 4.74 Å². The number of nitrogens with zero attached hydrogens (tertiary/aromatic N) is 1. The van der Waals surface area contributed by atoms with Crippen LogP contribution in [0.5, 0.6) is 0 Å². The Bertz CT molecular complexity index is 187. The van der Waals surface area contributed by atoms with Crippen molar-refractivity contribution >= 4 is 6.03 Å². The molecule has 1 rings (SSSR count). The predicted octanol–water partition coefficient (Wildman–Crippen LogP) is 1.22. The summed E-state index contributed by atoms with van der Waals surface area (Å²) in [5, 5.41) is 2.99. The van der Waals surface area contributed by atoms with E-state index in [4.69, 9.17) is 4.74 Å². The Morgan fingerprint density at radius 1 is 1.43 bits per heavy atom. The van der Waals surface area contributed by atoms with Crippen LogP contribution in [0.4, 0.5) is 4.79 Å². The molecule has 0 aromatic rings. The summed E-state index contributed by atoms with van der Waals surface area (Å²) in [6.07, 6.45) is 2.24. The van der Waals surface area contributed by atoms with Gasteiger partial charge in [0.2, 0.25) is 0 Å². The van der Waals surface area contributed by atoms with Crippen LogP contribution in [0.3, 0.4) is 0 Å². The molecule has 4 heteroatoms. The van der Waals surface area contributed by atoms with E-state index in [1.807, 2.05) is 13.8 Å². The van der Waals surface area contributed by atoms with Crippen LogP contribution in [0.25, 0.3) is 0 Å². The molecule has 0 bridgehead atoms. The molecule has 1 N–H and O–H groups in total. The Morgan fingerprint density at radius 2 is 2.00 bits per heavy atom. The van der Waals surface area contributed by atoms with E-state index in [1.165, 1.54) is 0 Å². The fourth-order valence-electron chi connectivity index (χ4n) is 1.65. The predicted molar refractivity (Wildman–Crippen MR) is 55.3 cm³/mol. The zero-order valence-corrected chi connectivity index (χ0v) is 9.25. The number of ether oxygens (including phenoxy) is 1. The third kappa shape index (κ3) is 2.61. The summed E-state index contributed by atoms with van der Waals surface area (Å²) in [4.78, 5) is 13.4. The van der Waals surface area contributed by atoms with Gasteiger partial charge in [0.25, 0.3) is 0 Å². The van der Waals surface area contributed by atoms with Crippen molar-refractivity contribution in [3.05, 3.63) is 0 Å². The van der Waals surface area contributed by atoms with Crippen molar-refractivity contribution < 1.29 is 9.53 Å². The first kappa shape index (κ1) is 11.3. The largest absolute Gasteiger partial charge is 0.381 e. The number of carbonyl (C=O) groups excluding carboxylic acids is 1. The van der Waals surface area contributed by atoms with Crippen molar-refractivity contribution in [1.29, 1.82) is 0 Å². The van der Waals surface area contributed by atoms with Crippen LogP contribution in [0.2, 0.25) is 0 Å². The van der Waals surface area contributed by atoms with Crippen LogP contribution in [-0.4, -0.2) is 43.3 Å². The lowest BCUT2D eigenvalue weighted by molar-refractivity contribution is 0.0192. The van der Waals surface area contributed by atoms with Gasteiger partial charge in [-0.2, -0.15) is 0 Å². The van der Waals surface area contributed by atoms with Gasteiger partial charge < -0.3 is 15.0 Å². The van der Waals surface area contributed by atoms with Gasteiger partial charge in [-0.1, -0.05) is 0 Å². The Balaban J connectivity index is 2.21. The van der Waals surface area contributed by atoms with Crippen LogP contribution >= 0.6 is 0 Å². The highest BCUT2D eigenvalue weighted by Crippen LogP contribution is 2.22. The Labute approximate surface area is 85.6 Å². The summed E-state index contributed by atoms with van der Waals surface area (Å²) in [7, 11) is 1.72. The molecular weight excluding hydrogens is 180 g/mol. The average molecular weight is 200 g/mol. The van der Waals surface area contributed by atoms with Gasteiger partial charge in [0.05, 0.1) is 6.10 Å². The molecule has 1 aliphatic rings. The standard InChI is InChI=1S/C10H20N2O2/c1-4-12(5-2)10(13)11-8-6-9(7-8)14-3/h8-9H,4-7H2,1-3H3,(H,11,13). The maximum absolute atomic E-state index is 11.6. The summed E-state index contributed by atoms with van der Waals surface area (Å²) in [6.45, 7) is 5.51. The van der Waals surface area contributed by atoms with Crippen LogP contribution in [0, 0.1) is 0 Å². The molecule has 1 aliphatic carbocycles. The maximum Gasteiger partial charge on any atom is 0.317 e. The normalized spacial score (nSPS) is 25.4. The third-order valence-corrected chi connectivity index (χ3v) is 2.81. The molecule has 82 valence electrons. The summed E-state index contributed by atoms with van der Waals surface area (Å²) in [5.74, 6) is 0. The number of nitrogens with one attached hydrogen (secondary N) is 1. The molecule has 0 atom stereocenters. The molecule has 0 heterocycles. The van der Waals surface area contributed by atoms with E-state index in [9.17, 15) is 4.79 Å². The molecule has 0 aliphatic heterocycles. The van der Waals surface area contributed by atoms with Crippen molar-refractivity contribution in [2.24, 2.45) is 0 Å². The summed E-state index contributed by atoms with van der Waals surface area (Å²) >= 11 is 0. The Hall–Kier alpha value is -0.770. The highest BCUT2D eigenvalue weighted by atomic mass is 16.5. The molecule has 14 heavy (non-hydrogen) atoms. The minimum atomic E-state index is 0.0505. The van der Waals surface area contributed by atoms with E-state index < -0.39 is 0 Å². The SMILES string of the molecule is CCN(CC)C(=O)NC1CC(OC)C1. The zero-order chi connectivity index (χ0) is 10.6. The molecule has 0 unspecified atom stereocenters. The zero-order valence-electron chi connectivity index (χ0n) is 9.25. The highest BCUT2D eigenvalue weighted by molar-refractivity contribution is 5.74. The minimum Gasteiger partial charge on any atom is -0.381 e. The van der Waals surface area contributed by atoms with Gasteiger partial charge in [-0.05, 0) is 26.7 Å². The Kier molecular flexibility index (Phi) is 4.20. The quantitative estimate of drug-likeness (QED) is 0.741. The second-order valence-corrected chi connectivity index (χ2v) is 3.65. The van der Waals surface area contributed by atoms with Gasteiger partial charge in [-0.15, -0.1) is 0 Å². The number of hydrogen-bond donors (Lipinski definition) is 1. The van der Waals surface area contributed by atoms with Crippen molar-refractivity contribution in [2.45, 2.75) is 38.8 Å². The molecule has 1 saturated carbocycles. The summed E-state index contributed by atoms with van der Waals surface area (Å²) in [5.41, 5.74) is 0. The third-order valence-electron chi connectivity index (χ3n) is 2.81. The van der Waals surface area contributed by atoms with Gasteiger partial charge in [-0.25, -0.2) is 4.79 Å². The number of hydrogen-bond acceptors (Lipinski definition) is 2. The van der Waals surface area contributed by atoms with E-state index in [0.717, 1.165) is 25.9 Å². The topological polar surface area (TPSA) is 41.6 Å². The van der Waals surface area contributed by atoms with Crippen molar-refractivity contribution in [3.8, 4) is 0 Å². The molecule has 2 amide bonds. The number of rotatable bonds is 4. The first-order chi connectivity index (χ1) is 6.71. The second kappa shape index (κ2) is 5.20. The lowest BCUT2D eigenvalue weighted by atomic mass is 9.89. The average Bonchev–Trinajstić information content (AvgIpc) is 2.12. The lowest BCUT2D eigenvalue weighted by Gasteiger charge is -2.35. The molecule has 0 aromatic carbocycles. The highest BCUT2D eigenvalue weighted by Gasteiger charge is 2.30. The van der Waals surface area contributed by atoms with E-state index >= 15 is 0 Å². The van der Waals surface area contributed by atoms with E-state index in [-0.39, 0.29) is 6.03 Å². The van der Waals surface area contributed by atoms with Crippen molar-refractivity contribution in [2.75, 3.05) is 20.2 Å². The first-order valence-corrected chi connectivity index (χ1v) is 5.29. The van der Waals surface area contributed by atoms with Gasteiger partial charge in [0.1, 0.15) is 0 Å². The van der Waals surface area contributed by atoms with E-state index in [1.54, 1.807) is 12.0 Å². The van der Waals surface area contributed by atoms with Gasteiger partial charge in [-0.3, -0.25) is 0 Å². The van der Waals surface area contributed by atoms with Crippen LogP contribution < -0.4 is 5.32 Å². The molecule has 1 fully saturated rings. The summed E-state index contributed by atoms with van der Waals surface area (Å²) in [6, 6.07) is 0.364. The second-order valence-electron chi connectivity index (χ2n) is 3.65. The number of methoxy groups -OCH3 is 1. The molecular formula is C10H20N2O2. The van der Waals surface area contributed by atoms with Crippen molar-refractivity contribution in [3.63, 3.8) is 0 Å². The van der Waals surface area contributed by atoms with Gasteiger partial charge >= 0.3 is 6.03 Å².